The van der Waals surface area contributed by atoms with Crippen molar-refractivity contribution in [2.75, 3.05) is 28.4 Å². The Labute approximate surface area is 78.5 Å². The number of carbonyl (C=O) groups excluding carboxylic acids is 1. The van der Waals surface area contributed by atoms with Crippen molar-refractivity contribution in [1.29, 1.82) is 0 Å². The molecule has 6 heteroatoms. The smallest absolute Gasteiger partial charge is 0.334 e. The van der Waals surface area contributed by atoms with Gasteiger partial charge in [0.05, 0.1) is 20.3 Å². The summed E-state index contributed by atoms with van der Waals surface area (Å²) in [5.74, 6) is -0.501. The maximum atomic E-state index is 10.8. The Morgan fingerprint density at radius 2 is 1.62 bits per heavy atom. The zero-order chi connectivity index (χ0) is 10.3. The minimum atomic E-state index is -1.32. The van der Waals surface area contributed by atoms with E-state index in [1.807, 2.05) is 0 Å². The lowest BCUT2D eigenvalue weighted by Gasteiger charge is -2.13. The lowest BCUT2D eigenvalue weighted by Crippen LogP contribution is -1.99. The van der Waals surface area contributed by atoms with E-state index in [9.17, 15) is 4.79 Å². The summed E-state index contributed by atoms with van der Waals surface area (Å²) in [6.45, 7) is 0. The van der Waals surface area contributed by atoms with Crippen molar-refractivity contribution in [2.45, 2.75) is 0 Å². The highest BCUT2D eigenvalue weighted by atomic mass is 31.2. The molecule has 0 fully saturated rings. The third kappa shape index (κ3) is 4.22. The predicted molar refractivity (Wildman–Crippen MR) is 48.0 cm³/mol. The Balaban J connectivity index is 4.46. The molecular weight excluding hydrogens is 195 g/mol. The van der Waals surface area contributed by atoms with E-state index in [2.05, 4.69) is 4.74 Å². The quantitative estimate of drug-likeness (QED) is 0.294. The number of esters is 1. The molecule has 0 atom stereocenters. The maximum absolute atomic E-state index is 10.8. The number of hydrogen-bond donors (Lipinski definition) is 0. The third-order valence-corrected chi connectivity index (χ3v) is 2.50. The molecule has 0 unspecified atom stereocenters. The van der Waals surface area contributed by atoms with Crippen LogP contribution in [0.5, 0.6) is 0 Å². The van der Waals surface area contributed by atoms with Gasteiger partial charge in [0, 0.05) is 14.2 Å². The molecule has 5 nitrogen and oxygen atoms in total. The van der Waals surface area contributed by atoms with Crippen molar-refractivity contribution in [2.24, 2.45) is 0 Å². The van der Waals surface area contributed by atoms with E-state index < -0.39 is 14.3 Å². The van der Waals surface area contributed by atoms with Gasteiger partial charge in [-0.1, -0.05) is 0 Å². The summed E-state index contributed by atoms with van der Waals surface area (Å²) < 4.78 is 19.2. The normalized spacial score (nSPS) is 11.6. The highest BCUT2D eigenvalue weighted by Gasteiger charge is 2.16. The lowest BCUT2D eigenvalue weighted by atomic mass is 10.6. The van der Waals surface area contributed by atoms with E-state index >= 15 is 0 Å². The van der Waals surface area contributed by atoms with Crippen LogP contribution in [-0.2, 0) is 23.3 Å². The summed E-state index contributed by atoms with van der Waals surface area (Å²) in [6, 6.07) is 0. The van der Waals surface area contributed by atoms with Crippen LogP contribution in [0.1, 0.15) is 0 Å². The number of rotatable bonds is 5. The van der Waals surface area contributed by atoms with Crippen molar-refractivity contribution >= 4 is 14.3 Å². The molecular formula is C7H13O5P. The Hall–Kier alpha value is -0.640. The van der Waals surface area contributed by atoms with Gasteiger partial charge in [0.15, 0.2) is 5.50 Å². The summed E-state index contributed by atoms with van der Waals surface area (Å²) in [4.78, 5) is 10.8. The average molecular weight is 208 g/mol. The van der Waals surface area contributed by atoms with E-state index in [1.165, 1.54) is 34.5 Å². The highest BCUT2D eigenvalue weighted by Crippen LogP contribution is 2.45. The molecule has 0 aromatic carbocycles. The molecule has 0 rings (SSSR count). The second kappa shape index (κ2) is 6.83. The minimum absolute atomic E-state index is 0.326. The molecule has 0 radical (unpaired) electrons. The van der Waals surface area contributed by atoms with E-state index in [0.29, 0.717) is 5.50 Å². The molecule has 13 heavy (non-hydrogen) atoms. The first-order valence-electron chi connectivity index (χ1n) is 3.41. The molecule has 0 N–H and O–H groups in total. The monoisotopic (exact) mass is 208 g/mol. The largest absolute Gasteiger partial charge is 0.491 e. The third-order valence-electron chi connectivity index (χ3n) is 1.16. The fourth-order valence-electron chi connectivity index (χ4n) is 0.600. The molecule has 0 saturated carbocycles. The highest BCUT2D eigenvalue weighted by molar-refractivity contribution is 7.51. The molecule has 0 saturated heterocycles. The summed E-state index contributed by atoms with van der Waals surface area (Å²) in [6.07, 6.45) is 1.19. The van der Waals surface area contributed by atoms with Crippen LogP contribution < -0.4 is 0 Å². The topological polar surface area (TPSA) is 54.0 Å². The first-order valence-corrected chi connectivity index (χ1v) is 4.59. The predicted octanol–water partition coefficient (Wildman–Crippen LogP) is 1.25. The zero-order valence-corrected chi connectivity index (χ0v) is 8.96. The van der Waals surface area contributed by atoms with Crippen LogP contribution in [0.3, 0.4) is 0 Å². The summed E-state index contributed by atoms with van der Waals surface area (Å²) in [5.41, 5.74) is 0.326. The Bertz CT molecular complexity index is 187. The van der Waals surface area contributed by atoms with Crippen molar-refractivity contribution in [3.05, 3.63) is 11.6 Å². The van der Waals surface area contributed by atoms with Gasteiger partial charge in [-0.2, -0.15) is 0 Å². The first-order chi connectivity index (χ1) is 6.19. The van der Waals surface area contributed by atoms with Crippen LogP contribution in [-0.4, -0.2) is 34.4 Å². The fraction of sp³-hybridized carbons (Fsp3) is 0.571. The van der Waals surface area contributed by atoms with Crippen LogP contribution in [0.2, 0.25) is 0 Å². The van der Waals surface area contributed by atoms with Gasteiger partial charge in [0.2, 0.25) is 8.38 Å². The van der Waals surface area contributed by atoms with Gasteiger partial charge in [-0.25, -0.2) is 4.79 Å². The zero-order valence-electron chi connectivity index (χ0n) is 8.07. The number of hydrogen-bond acceptors (Lipinski definition) is 5. The van der Waals surface area contributed by atoms with Gasteiger partial charge in [0.25, 0.3) is 0 Å². The molecule has 0 spiro atoms. The average Bonchev–Trinajstić information content (AvgIpc) is 2.17. The molecule has 76 valence electrons. The van der Waals surface area contributed by atoms with E-state index in [0.717, 1.165) is 0 Å². The second-order valence-electron chi connectivity index (χ2n) is 1.83. The number of carbonyl (C=O) groups is 1. The number of methoxy groups -OCH3 is 2. The van der Waals surface area contributed by atoms with E-state index in [-0.39, 0.29) is 0 Å². The van der Waals surface area contributed by atoms with E-state index in [4.69, 9.17) is 13.8 Å². The van der Waals surface area contributed by atoms with E-state index in [1.54, 1.807) is 0 Å². The van der Waals surface area contributed by atoms with Gasteiger partial charge in [-0.05, 0) is 0 Å². The van der Waals surface area contributed by atoms with Crippen molar-refractivity contribution in [1.82, 2.24) is 0 Å². The summed E-state index contributed by atoms with van der Waals surface area (Å²) >= 11 is 0. The molecule has 0 bridgehead atoms. The Morgan fingerprint density at radius 3 is 1.92 bits per heavy atom. The van der Waals surface area contributed by atoms with Crippen LogP contribution in [0.25, 0.3) is 0 Å². The Kier molecular flexibility index (Phi) is 6.49. The summed E-state index contributed by atoms with van der Waals surface area (Å²) in [7, 11) is 4.34. The van der Waals surface area contributed by atoms with Gasteiger partial charge in [0.1, 0.15) is 0 Å². The molecule has 0 amide bonds. The van der Waals surface area contributed by atoms with Gasteiger partial charge in [-0.15, -0.1) is 0 Å². The molecule has 0 aromatic rings. The van der Waals surface area contributed by atoms with Crippen molar-refractivity contribution < 1.29 is 23.3 Å². The minimum Gasteiger partial charge on any atom is -0.491 e. The number of ether oxygens (including phenoxy) is 2. The van der Waals surface area contributed by atoms with Crippen LogP contribution in [0, 0.1) is 0 Å². The molecule has 0 heterocycles. The van der Waals surface area contributed by atoms with Gasteiger partial charge < -0.3 is 18.5 Å². The molecule has 0 aromatic heterocycles. The fourth-order valence-corrected chi connectivity index (χ4v) is 1.47. The molecule has 0 aliphatic carbocycles. The maximum Gasteiger partial charge on any atom is 0.334 e. The SMILES string of the molecule is COC(=O)C=C(OC)P(OC)OC. The molecule has 0 aliphatic rings. The standard InChI is InChI=1S/C7H13O5P/c1-9-6(8)5-7(10-2)13(11-3)12-4/h5H,1-4H3. The second-order valence-corrected chi connectivity index (χ2v) is 3.52. The molecule has 0 aliphatic heterocycles. The van der Waals surface area contributed by atoms with Crippen LogP contribution in [0.4, 0.5) is 0 Å². The van der Waals surface area contributed by atoms with Gasteiger partial charge in [-0.3, -0.25) is 0 Å². The first kappa shape index (κ1) is 12.4. The van der Waals surface area contributed by atoms with Crippen molar-refractivity contribution in [3.8, 4) is 0 Å². The van der Waals surface area contributed by atoms with Crippen LogP contribution >= 0.6 is 8.38 Å². The van der Waals surface area contributed by atoms with Gasteiger partial charge >= 0.3 is 5.97 Å². The van der Waals surface area contributed by atoms with Crippen LogP contribution in [0.15, 0.2) is 11.6 Å². The van der Waals surface area contributed by atoms with Crippen molar-refractivity contribution in [3.63, 3.8) is 0 Å². The lowest BCUT2D eigenvalue weighted by molar-refractivity contribution is -0.135. The summed E-state index contributed by atoms with van der Waals surface area (Å²) in [5, 5.41) is 0. The Morgan fingerprint density at radius 1 is 1.08 bits per heavy atom.